The molecular weight excluding hydrogens is 384 g/mol. The summed E-state index contributed by atoms with van der Waals surface area (Å²) in [4.78, 5) is 25.6. The number of hydrogen-bond donors (Lipinski definition) is 0. The van der Waals surface area contributed by atoms with Crippen molar-refractivity contribution in [2.24, 2.45) is 0 Å². The summed E-state index contributed by atoms with van der Waals surface area (Å²) in [7, 11) is 3.01. The Morgan fingerprint density at radius 3 is 2.03 bits per heavy atom. The molecule has 1 aliphatic rings. The third kappa shape index (κ3) is 3.59. The first-order valence-corrected chi connectivity index (χ1v) is 9.40. The molecule has 0 fully saturated rings. The number of carbonyl (C=O) groups is 2. The van der Waals surface area contributed by atoms with Crippen LogP contribution in [-0.2, 0) is 9.53 Å². The monoisotopic (exact) mass is 404 g/mol. The van der Waals surface area contributed by atoms with Crippen molar-refractivity contribution in [2.45, 2.75) is 5.92 Å². The molecule has 0 atom stereocenters. The lowest BCUT2D eigenvalue weighted by molar-refractivity contribution is -0.143. The Hall–Kier alpha value is -3.80. The van der Waals surface area contributed by atoms with Crippen molar-refractivity contribution in [3.05, 3.63) is 83.4 Å². The van der Waals surface area contributed by atoms with Crippen LogP contribution in [0.1, 0.15) is 27.4 Å². The molecule has 152 valence electrons. The second-order valence-electron chi connectivity index (χ2n) is 6.71. The molecule has 0 aromatic heterocycles. The van der Waals surface area contributed by atoms with Gasteiger partial charge in [0.2, 0.25) is 0 Å². The maximum atomic E-state index is 13.0. The molecule has 0 aliphatic carbocycles. The topological polar surface area (TPSA) is 71.1 Å². The fourth-order valence-electron chi connectivity index (χ4n) is 3.48. The lowest BCUT2D eigenvalue weighted by Gasteiger charge is -2.26. The molecule has 0 saturated carbocycles. The highest BCUT2D eigenvalue weighted by Gasteiger charge is 2.33. The van der Waals surface area contributed by atoms with E-state index < -0.39 is 11.9 Å². The zero-order chi connectivity index (χ0) is 21.1. The van der Waals surface area contributed by atoms with E-state index in [1.165, 1.54) is 14.2 Å². The third-order valence-electron chi connectivity index (χ3n) is 4.97. The molecule has 0 unspecified atom stereocenters. The standard InChI is InChI=1S/C24H20O6/c1-27-21-12-11-15(13-22(21)28-2)18(25)14-29-24(26)23-16-7-3-5-9-19(16)30-20-10-6-4-8-17(20)23/h3-13,23H,14H2,1-2H3. The molecule has 3 aromatic carbocycles. The van der Waals surface area contributed by atoms with Gasteiger partial charge in [0.05, 0.1) is 14.2 Å². The predicted octanol–water partition coefficient (Wildman–Crippen LogP) is 4.37. The van der Waals surface area contributed by atoms with Gasteiger partial charge in [0.25, 0.3) is 0 Å². The number of carbonyl (C=O) groups excluding carboxylic acids is 2. The van der Waals surface area contributed by atoms with E-state index in [-0.39, 0.29) is 12.4 Å². The van der Waals surface area contributed by atoms with E-state index in [0.717, 1.165) is 0 Å². The largest absolute Gasteiger partial charge is 0.493 e. The van der Waals surface area contributed by atoms with Crippen LogP contribution in [0.25, 0.3) is 0 Å². The highest BCUT2D eigenvalue weighted by molar-refractivity contribution is 5.99. The van der Waals surface area contributed by atoms with Crippen molar-refractivity contribution in [3.63, 3.8) is 0 Å². The Morgan fingerprint density at radius 2 is 1.43 bits per heavy atom. The summed E-state index contributed by atoms with van der Waals surface area (Å²) >= 11 is 0. The van der Waals surface area contributed by atoms with Crippen LogP contribution in [0.4, 0.5) is 0 Å². The van der Waals surface area contributed by atoms with Gasteiger partial charge >= 0.3 is 5.97 Å². The van der Waals surface area contributed by atoms with Crippen LogP contribution in [0.2, 0.25) is 0 Å². The Kier molecular flexibility index (Phi) is 5.39. The maximum Gasteiger partial charge on any atom is 0.318 e. The molecule has 0 radical (unpaired) electrons. The molecule has 4 rings (SSSR count). The number of esters is 1. The summed E-state index contributed by atoms with van der Waals surface area (Å²) in [6.45, 7) is -0.379. The van der Waals surface area contributed by atoms with Crippen molar-refractivity contribution in [3.8, 4) is 23.0 Å². The highest BCUT2D eigenvalue weighted by Crippen LogP contribution is 2.44. The van der Waals surface area contributed by atoms with Gasteiger partial charge in [-0.3, -0.25) is 9.59 Å². The average Bonchev–Trinajstić information content (AvgIpc) is 2.80. The number of rotatable bonds is 6. The molecule has 0 spiro atoms. The number of ketones is 1. The minimum atomic E-state index is -0.663. The van der Waals surface area contributed by atoms with Crippen LogP contribution in [0.5, 0.6) is 23.0 Å². The first kappa shape index (κ1) is 19.5. The van der Waals surface area contributed by atoms with Crippen molar-refractivity contribution >= 4 is 11.8 Å². The molecular formula is C24H20O6. The van der Waals surface area contributed by atoms with E-state index in [2.05, 4.69) is 0 Å². The van der Waals surface area contributed by atoms with Gasteiger partial charge in [-0.1, -0.05) is 36.4 Å². The van der Waals surface area contributed by atoms with Gasteiger partial charge in [-0.2, -0.15) is 0 Å². The summed E-state index contributed by atoms with van der Waals surface area (Å²) < 4.78 is 21.7. The van der Waals surface area contributed by atoms with E-state index in [1.807, 2.05) is 36.4 Å². The first-order valence-electron chi connectivity index (χ1n) is 9.40. The minimum Gasteiger partial charge on any atom is -0.493 e. The van der Waals surface area contributed by atoms with Gasteiger partial charge in [-0.25, -0.2) is 0 Å². The van der Waals surface area contributed by atoms with Gasteiger partial charge in [0, 0.05) is 16.7 Å². The molecule has 3 aromatic rings. The van der Waals surface area contributed by atoms with Crippen molar-refractivity contribution in [1.82, 2.24) is 0 Å². The van der Waals surface area contributed by atoms with Crippen LogP contribution < -0.4 is 14.2 Å². The molecule has 1 aliphatic heterocycles. The number of benzene rings is 3. The van der Waals surface area contributed by atoms with Gasteiger partial charge in [0.1, 0.15) is 17.4 Å². The number of ether oxygens (including phenoxy) is 4. The Morgan fingerprint density at radius 1 is 0.833 bits per heavy atom. The number of Topliss-reactive ketones (excluding diaryl/α,β-unsaturated/α-hetero) is 1. The average molecular weight is 404 g/mol. The van der Waals surface area contributed by atoms with Crippen LogP contribution >= 0.6 is 0 Å². The van der Waals surface area contributed by atoms with Gasteiger partial charge < -0.3 is 18.9 Å². The molecule has 0 N–H and O–H groups in total. The highest BCUT2D eigenvalue weighted by atomic mass is 16.5. The summed E-state index contributed by atoms with van der Waals surface area (Å²) in [6, 6.07) is 19.4. The molecule has 1 heterocycles. The normalized spacial score (nSPS) is 12.2. The molecule has 6 heteroatoms. The van der Waals surface area contributed by atoms with E-state index in [1.54, 1.807) is 30.3 Å². The molecule has 6 nitrogen and oxygen atoms in total. The fourth-order valence-corrected chi connectivity index (χ4v) is 3.48. The van der Waals surface area contributed by atoms with Crippen molar-refractivity contribution in [2.75, 3.05) is 20.8 Å². The maximum absolute atomic E-state index is 13.0. The van der Waals surface area contributed by atoms with Crippen LogP contribution in [0, 0.1) is 0 Å². The lowest BCUT2D eigenvalue weighted by Crippen LogP contribution is -2.23. The number of fused-ring (bicyclic) bond motifs is 2. The predicted molar refractivity (Wildman–Crippen MR) is 110 cm³/mol. The van der Waals surface area contributed by atoms with E-state index in [9.17, 15) is 9.59 Å². The fraction of sp³-hybridized carbons (Fsp3) is 0.167. The zero-order valence-electron chi connectivity index (χ0n) is 16.6. The number of hydrogen-bond acceptors (Lipinski definition) is 6. The van der Waals surface area contributed by atoms with Crippen molar-refractivity contribution in [1.29, 1.82) is 0 Å². The number of methoxy groups -OCH3 is 2. The smallest absolute Gasteiger partial charge is 0.318 e. The van der Waals surface area contributed by atoms with Crippen LogP contribution in [0.3, 0.4) is 0 Å². The third-order valence-corrected chi connectivity index (χ3v) is 4.97. The van der Waals surface area contributed by atoms with Gasteiger partial charge in [-0.05, 0) is 30.3 Å². The Labute approximate surface area is 174 Å². The van der Waals surface area contributed by atoms with Crippen LogP contribution in [0.15, 0.2) is 66.7 Å². The number of para-hydroxylation sites is 2. The minimum absolute atomic E-state index is 0.335. The Bertz CT molecular complexity index is 1060. The van der Waals surface area contributed by atoms with Gasteiger partial charge in [0.15, 0.2) is 23.9 Å². The lowest BCUT2D eigenvalue weighted by atomic mass is 9.88. The quantitative estimate of drug-likeness (QED) is 0.449. The second kappa shape index (κ2) is 8.29. The Balaban J connectivity index is 1.54. The summed E-state index contributed by atoms with van der Waals surface area (Å²) in [5.74, 6) is 0.645. The second-order valence-corrected chi connectivity index (χ2v) is 6.71. The van der Waals surface area contributed by atoms with E-state index >= 15 is 0 Å². The SMILES string of the molecule is COc1ccc(C(=O)COC(=O)C2c3ccccc3Oc3ccccc32)cc1OC. The molecule has 0 amide bonds. The van der Waals surface area contributed by atoms with E-state index in [4.69, 9.17) is 18.9 Å². The molecule has 0 saturated heterocycles. The summed E-state index contributed by atoms with van der Waals surface area (Å²) in [5.41, 5.74) is 1.78. The molecule has 0 bridgehead atoms. The zero-order valence-corrected chi connectivity index (χ0v) is 16.6. The molecule has 30 heavy (non-hydrogen) atoms. The summed E-state index contributed by atoms with van der Waals surface area (Å²) in [5, 5.41) is 0. The van der Waals surface area contributed by atoms with Crippen molar-refractivity contribution < 1.29 is 28.5 Å². The van der Waals surface area contributed by atoms with E-state index in [0.29, 0.717) is 39.7 Å². The first-order chi connectivity index (χ1) is 14.6. The van der Waals surface area contributed by atoms with Crippen LogP contribution in [-0.4, -0.2) is 32.6 Å². The summed E-state index contributed by atoms with van der Waals surface area (Å²) in [6.07, 6.45) is 0. The van der Waals surface area contributed by atoms with Gasteiger partial charge in [-0.15, -0.1) is 0 Å².